The fourth-order valence-electron chi connectivity index (χ4n) is 3.70. The van der Waals surface area contributed by atoms with Crippen LogP contribution in [0.25, 0.3) is 10.9 Å². The Morgan fingerprint density at radius 1 is 1.04 bits per heavy atom. The Balaban J connectivity index is 1.41. The number of hydrogen-bond acceptors (Lipinski definition) is 4. The molecule has 6 heteroatoms. The normalized spacial score (nSPS) is 19.0. The van der Waals surface area contributed by atoms with Crippen LogP contribution in [0.1, 0.15) is 25.7 Å². The summed E-state index contributed by atoms with van der Waals surface area (Å²) in [7, 11) is 0. The quantitative estimate of drug-likeness (QED) is 0.921. The molecule has 2 amide bonds. The summed E-state index contributed by atoms with van der Waals surface area (Å²) in [6.07, 6.45) is 6.34. The Bertz CT molecular complexity index is 715. The van der Waals surface area contributed by atoms with Crippen molar-refractivity contribution in [1.29, 1.82) is 0 Å². The summed E-state index contributed by atoms with van der Waals surface area (Å²) in [5.74, 6) is 0.969. The van der Waals surface area contributed by atoms with Gasteiger partial charge in [-0.2, -0.15) is 0 Å². The maximum atomic E-state index is 12.4. The van der Waals surface area contributed by atoms with Crippen LogP contribution in [-0.4, -0.2) is 53.1 Å². The number of benzene rings is 1. The predicted molar refractivity (Wildman–Crippen MR) is 94.1 cm³/mol. The minimum atomic E-state index is 0.0918. The Morgan fingerprint density at radius 3 is 2.58 bits per heavy atom. The lowest BCUT2D eigenvalue weighted by molar-refractivity contribution is 0.190. The summed E-state index contributed by atoms with van der Waals surface area (Å²) in [5, 5.41) is 4.25. The van der Waals surface area contributed by atoms with Crippen molar-refractivity contribution in [2.75, 3.05) is 31.1 Å². The zero-order valence-corrected chi connectivity index (χ0v) is 13.8. The molecule has 0 atom stereocenters. The Labute approximate surface area is 141 Å². The molecule has 1 aromatic carbocycles. The molecule has 2 fully saturated rings. The summed E-state index contributed by atoms with van der Waals surface area (Å²) in [6.45, 7) is 3.08. The van der Waals surface area contributed by atoms with Gasteiger partial charge in [0.2, 0.25) is 0 Å². The van der Waals surface area contributed by atoms with Crippen LogP contribution in [0.5, 0.6) is 0 Å². The molecule has 1 aliphatic carbocycles. The summed E-state index contributed by atoms with van der Waals surface area (Å²) in [6, 6.07) is 8.54. The van der Waals surface area contributed by atoms with Crippen LogP contribution in [0.15, 0.2) is 30.6 Å². The van der Waals surface area contributed by atoms with Crippen LogP contribution in [0, 0.1) is 0 Å². The standard InChI is InChI=1S/C18H23N5O/c24-18(21-14-5-1-2-6-14)23-11-9-22(10-12-23)17-15-7-3-4-8-16(15)19-13-20-17/h3-4,7-8,13-14H,1-2,5-6,9-12H2,(H,21,24). The zero-order chi connectivity index (χ0) is 16.4. The highest BCUT2D eigenvalue weighted by Crippen LogP contribution is 2.23. The molecule has 6 nitrogen and oxygen atoms in total. The molecular weight excluding hydrogens is 302 g/mol. The molecule has 2 aromatic rings. The fourth-order valence-corrected chi connectivity index (χ4v) is 3.70. The van der Waals surface area contributed by atoms with Gasteiger partial charge in [-0.15, -0.1) is 0 Å². The highest BCUT2D eigenvalue weighted by atomic mass is 16.2. The minimum absolute atomic E-state index is 0.0918. The first-order valence-electron chi connectivity index (χ1n) is 8.81. The molecule has 0 bridgehead atoms. The monoisotopic (exact) mass is 325 g/mol. The maximum Gasteiger partial charge on any atom is 0.317 e. The van der Waals surface area contributed by atoms with Crippen LogP contribution in [0.2, 0.25) is 0 Å². The van der Waals surface area contributed by atoms with Gasteiger partial charge in [-0.25, -0.2) is 14.8 Å². The molecule has 24 heavy (non-hydrogen) atoms. The van der Waals surface area contributed by atoms with E-state index in [0.29, 0.717) is 6.04 Å². The summed E-state index contributed by atoms with van der Waals surface area (Å²) < 4.78 is 0. The largest absolute Gasteiger partial charge is 0.352 e. The molecule has 4 rings (SSSR count). The van der Waals surface area contributed by atoms with Crippen molar-refractivity contribution in [1.82, 2.24) is 20.2 Å². The molecule has 1 aromatic heterocycles. The van der Waals surface area contributed by atoms with Crippen molar-refractivity contribution in [2.45, 2.75) is 31.7 Å². The van der Waals surface area contributed by atoms with E-state index < -0.39 is 0 Å². The first kappa shape index (κ1) is 15.2. The number of fused-ring (bicyclic) bond motifs is 1. The number of aromatic nitrogens is 2. The Kier molecular flexibility index (Phi) is 4.19. The molecule has 1 saturated carbocycles. The number of carbonyl (C=O) groups is 1. The third-order valence-corrected chi connectivity index (χ3v) is 5.07. The van der Waals surface area contributed by atoms with Gasteiger partial charge in [-0.1, -0.05) is 25.0 Å². The van der Waals surface area contributed by atoms with Gasteiger partial charge in [-0.05, 0) is 25.0 Å². The van der Waals surface area contributed by atoms with Gasteiger partial charge in [0.1, 0.15) is 12.1 Å². The van der Waals surface area contributed by atoms with Crippen LogP contribution in [-0.2, 0) is 0 Å². The van der Waals surface area contributed by atoms with Crippen LogP contribution < -0.4 is 10.2 Å². The fraction of sp³-hybridized carbons (Fsp3) is 0.500. The lowest BCUT2D eigenvalue weighted by Crippen LogP contribution is -2.53. The van der Waals surface area contributed by atoms with Gasteiger partial charge < -0.3 is 15.1 Å². The SMILES string of the molecule is O=C(NC1CCCC1)N1CCN(c2ncnc3ccccc23)CC1. The minimum Gasteiger partial charge on any atom is -0.352 e. The van der Waals surface area contributed by atoms with Crippen LogP contribution in [0.3, 0.4) is 0 Å². The molecule has 1 saturated heterocycles. The number of para-hydroxylation sites is 1. The Morgan fingerprint density at radius 2 is 1.79 bits per heavy atom. The number of hydrogen-bond donors (Lipinski definition) is 1. The lowest BCUT2D eigenvalue weighted by Gasteiger charge is -2.36. The van der Waals surface area contributed by atoms with Crippen molar-refractivity contribution in [3.63, 3.8) is 0 Å². The van der Waals surface area contributed by atoms with Crippen LogP contribution >= 0.6 is 0 Å². The van der Waals surface area contributed by atoms with E-state index in [1.165, 1.54) is 12.8 Å². The smallest absolute Gasteiger partial charge is 0.317 e. The number of nitrogens with one attached hydrogen (secondary N) is 1. The molecule has 1 N–H and O–H groups in total. The number of urea groups is 1. The number of amides is 2. The van der Waals surface area contributed by atoms with Crippen molar-refractivity contribution in [2.24, 2.45) is 0 Å². The van der Waals surface area contributed by atoms with E-state index in [0.717, 1.165) is 55.7 Å². The lowest BCUT2D eigenvalue weighted by atomic mass is 10.2. The Hall–Kier alpha value is -2.37. The number of rotatable bonds is 2. The van der Waals surface area contributed by atoms with Crippen molar-refractivity contribution < 1.29 is 4.79 Å². The predicted octanol–water partition coefficient (Wildman–Crippen LogP) is 2.40. The van der Waals surface area contributed by atoms with Crippen LogP contribution in [0.4, 0.5) is 10.6 Å². The topological polar surface area (TPSA) is 61.4 Å². The number of nitrogens with zero attached hydrogens (tertiary/aromatic N) is 4. The second-order valence-electron chi connectivity index (χ2n) is 6.62. The van der Waals surface area contributed by atoms with Gasteiger partial charge in [-0.3, -0.25) is 0 Å². The summed E-state index contributed by atoms with van der Waals surface area (Å²) in [5.41, 5.74) is 0.962. The van der Waals surface area contributed by atoms with E-state index in [2.05, 4.69) is 26.3 Å². The van der Waals surface area contributed by atoms with E-state index in [9.17, 15) is 4.79 Å². The van der Waals surface area contributed by atoms with Gasteiger partial charge in [0, 0.05) is 37.6 Å². The van der Waals surface area contributed by atoms with E-state index in [4.69, 9.17) is 0 Å². The van der Waals surface area contributed by atoms with Crippen molar-refractivity contribution in [3.8, 4) is 0 Å². The van der Waals surface area contributed by atoms with E-state index >= 15 is 0 Å². The first-order valence-corrected chi connectivity index (χ1v) is 8.81. The zero-order valence-electron chi connectivity index (χ0n) is 13.8. The molecule has 2 heterocycles. The molecule has 0 unspecified atom stereocenters. The van der Waals surface area contributed by atoms with Gasteiger partial charge >= 0.3 is 6.03 Å². The highest BCUT2D eigenvalue weighted by molar-refractivity contribution is 5.89. The van der Waals surface area contributed by atoms with Crippen molar-refractivity contribution in [3.05, 3.63) is 30.6 Å². The molecule has 126 valence electrons. The average molecular weight is 325 g/mol. The van der Waals surface area contributed by atoms with Gasteiger partial charge in [0.05, 0.1) is 5.52 Å². The molecular formula is C18H23N5O. The third kappa shape index (κ3) is 3.00. The van der Waals surface area contributed by atoms with Gasteiger partial charge in [0.25, 0.3) is 0 Å². The van der Waals surface area contributed by atoms with Gasteiger partial charge in [0.15, 0.2) is 0 Å². The van der Waals surface area contributed by atoms with Crippen molar-refractivity contribution >= 4 is 22.8 Å². The molecule has 1 aliphatic heterocycles. The first-order chi connectivity index (χ1) is 11.8. The van der Waals surface area contributed by atoms with E-state index in [1.807, 2.05) is 23.1 Å². The number of anilines is 1. The maximum absolute atomic E-state index is 12.4. The van der Waals surface area contributed by atoms with E-state index in [1.54, 1.807) is 6.33 Å². The highest BCUT2D eigenvalue weighted by Gasteiger charge is 2.25. The average Bonchev–Trinajstić information content (AvgIpc) is 3.14. The van der Waals surface area contributed by atoms with E-state index in [-0.39, 0.29) is 6.03 Å². The molecule has 0 spiro atoms. The molecule has 2 aliphatic rings. The third-order valence-electron chi connectivity index (χ3n) is 5.07. The number of piperazine rings is 1. The molecule has 0 radical (unpaired) electrons. The summed E-state index contributed by atoms with van der Waals surface area (Å²) in [4.78, 5) is 25.4. The second kappa shape index (κ2) is 6.63. The summed E-state index contributed by atoms with van der Waals surface area (Å²) >= 11 is 0. The number of carbonyl (C=O) groups excluding carboxylic acids is 1. The second-order valence-corrected chi connectivity index (χ2v) is 6.62.